The van der Waals surface area contributed by atoms with Crippen LogP contribution in [0.4, 0.5) is 11.4 Å². The lowest BCUT2D eigenvalue weighted by Crippen LogP contribution is -2.28. The standard InChI is InChI=1S/C17H14IN3O4/c1-11(22)19-16(10-12-3-2-4-15(9-12)21(24)25)17(23)20-14-7-5-13(18)6-8-14/h2-10H,1H3,(H,19,22)(H,20,23)/b16-10-. The zero-order valence-corrected chi connectivity index (χ0v) is 15.3. The molecule has 0 bridgehead atoms. The first-order valence-electron chi connectivity index (χ1n) is 7.16. The van der Waals surface area contributed by atoms with Crippen LogP contribution in [0, 0.1) is 13.7 Å². The van der Waals surface area contributed by atoms with Gasteiger partial charge in [-0.2, -0.15) is 0 Å². The fourth-order valence-electron chi connectivity index (χ4n) is 1.97. The monoisotopic (exact) mass is 451 g/mol. The number of benzene rings is 2. The molecule has 0 saturated carbocycles. The molecule has 2 amide bonds. The third-order valence-electron chi connectivity index (χ3n) is 3.05. The minimum absolute atomic E-state index is 0.00783. The van der Waals surface area contributed by atoms with E-state index in [1.165, 1.54) is 31.2 Å². The van der Waals surface area contributed by atoms with Crippen LogP contribution in [0.3, 0.4) is 0 Å². The highest BCUT2D eigenvalue weighted by atomic mass is 127. The molecule has 0 aromatic heterocycles. The minimum atomic E-state index is -0.527. The van der Waals surface area contributed by atoms with E-state index >= 15 is 0 Å². The van der Waals surface area contributed by atoms with E-state index in [9.17, 15) is 19.7 Å². The Kier molecular flexibility index (Phi) is 6.23. The van der Waals surface area contributed by atoms with E-state index in [4.69, 9.17) is 0 Å². The SMILES string of the molecule is CC(=O)N/C(=C\c1cccc([N+](=O)[O-])c1)C(=O)Nc1ccc(I)cc1. The van der Waals surface area contributed by atoms with E-state index in [1.807, 2.05) is 12.1 Å². The summed E-state index contributed by atoms with van der Waals surface area (Å²) in [5.74, 6) is -0.947. The second-order valence-corrected chi connectivity index (χ2v) is 6.30. The molecule has 0 radical (unpaired) electrons. The Labute approximate surface area is 157 Å². The number of halogens is 1. The van der Waals surface area contributed by atoms with Gasteiger partial charge in [-0.05, 0) is 58.5 Å². The van der Waals surface area contributed by atoms with E-state index in [1.54, 1.807) is 18.2 Å². The highest BCUT2D eigenvalue weighted by molar-refractivity contribution is 14.1. The molecule has 8 heteroatoms. The lowest BCUT2D eigenvalue weighted by atomic mass is 10.1. The predicted molar refractivity (Wildman–Crippen MR) is 103 cm³/mol. The van der Waals surface area contributed by atoms with Crippen LogP contribution in [0.1, 0.15) is 12.5 Å². The lowest BCUT2D eigenvalue weighted by molar-refractivity contribution is -0.384. The van der Waals surface area contributed by atoms with Crippen LogP contribution in [-0.2, 0) is 9.59 Å². The summed E-state index contributed by atoms with van der Waals surface area (Å²) in [6.07, 6.45) is 1.39. The summed E-state index contributed by atoms with van der Waals surface area (Å²) < 4.78 is 1.02. The van der Waals surface area contributed by atoms with Gasteiger partial charge in [0, 0.05) is 28.3 Å². The smallest absolute Gasteiger partial charge is 0.272 e. The van der Waals surface area contributed by atoms with Crippen molar-refractivity contribution in [1.29, 1.82) is 0 Å². The topological polar surface area (TPSA) is 101 Å². The van der Waals surface area contributed by atoms with Crippen molar-refractivity contribution in [2.75, 3.05) is 5.32 Å². The van der Waals surface area contributed by atoms with Crippen LogP contribution >= 0.6 is 22.6 Å². The molecule has 0 saturated heterocycles. The second-order valence-electron chi connectivity index (χ2n) is 5.05. The third kappa shape index (κ3) is 5.68. The number of anilines is 1. The first-order chi connectivity index (χ1) is 11.8. The highest BCUT2D eigenvalue weighted by Crippen LogP contribution is 2.16. The molecule has 2 rings (SSSR count). The van der Waals surface area contributed by atoms with Gasteiger partial charge in [-0.15, -0.1) is 0 Å². The second kappa shape index (κ2) is 8.38. The number of nitrogens with one attached hydrogen (secondary N) is 2. The van der Waals surface area contributed by atoms with Gasteiger partial charge in [-0.1, -0.05) is 12.1 Å². The molecule has 0 spiro atoms. The maximum Gasteiger partial charge on any atom is 0.272 e. The summed E-state index contributed by atoms with van der Waals surface area (Å²) in [5.41, 5.74) is 0.886. The Bertz CT molecular complexity index is 847. The summed E-state index contributed by atoms with van der Waals surface area (Å²) in [6, 6.07) is 12.9. The maximum atomic E-state index is 12.4. The van der Waals surface area contributed by atoms with E-state index in [-0.39, 0.29) is 11.4 Å². The van der Waals surface area contributed by atoms with Gasteiger partial charge in [0.2, 0.25) is 5.91 Å². The van der Waals surface area contributed by atoms with Crippen molar-refractivity contribution in [3.05, 3.63) is 73.5 Å². The zero-order chi connectivity index (χ0) is 18.4. The van der Waals surface area contributed by atoms with Gasteiger partial charge in [-0.25, -0.2) is 0 Å². The van der Waals surface area contributed by atoms with E-state index in [0.717, 1.165) is 3.57 Å². The number of non-ortho nitro benzene ring substituents is 1. The Balaban J connectivity index is 2.29. The minimum Gasteiger partial charge on any atom is -0.322 e. The number of nitro benzene ring substituents is 1. The molecule has 2 aromatic carbocycles. The number of hydrogen-bond donors (Lipinski definition) is 2. The van der Waals surface area contributed by atoms with Gasteiger partial charge < -0.3 is 10.6 Å². The average molecular weight is 451 g/mol. The van der Waals surface area contributed by atoms with Crippen molar-refractivity contribution < 1.29 is 14.5 Å². The molecule has 0 aliphatic rings. The summed E-state index contributed by atoms with van der Waals surface area (Å²) in [6.45, 7) is 1.28. The van der Waals surface area contributed by atoms with Crippen LogP contribution in [0.25, 0.3) is 6.08 Å². The van der Waals surface area contributed by atoms with Gasteiger partial charge >= 0.3 is 0 Å². The van der Waals surface area contributed by atoms with Crippen molar-refractivity contribution in [3.63, 3.8) is 0 Å². The molecule has 2 N–H and O–H groups in total. The third-order valence-corrected chi connectivity index (χ3v) is 3.77. The Morgan fingerprint density at radius 1 is 1.16 bits per heavy atom. The summed E-state index contributed by atoms with van der Waals surface area (Å²) in [4.78, 5) is 34.1. The normalized spacial score (nSPS) is 10.9. The van der Waals surface area contributed by atoms with E-state index < -0.39 is 16.7 Å². The van der Waals surface area contributed by atoms with Crippen LogP contribution < -0.4 is 10.6 Å². The summed E-state index contributed by atoms with van der Waals surface area (Å²) >= 11 is 2.15. The van der Waals surface area contributed by atoms with Crippen LogP contribution in [0.15, 0.2) is 54.2 Å². The maximum absolute atomic E-state index is 12.4. The largest absolute Gasteiger partial charge is 0.322 e. The van der Waals surface area contributed by atoms with Gasteiger partial charge in [0.15, 0.2) is 0 Å². The fourth-order valence-corrected chi connectivity index (χ4v) is 2.33. The van der Waals surface area contributed by atoms with Crippen molar-refractivity contribution in [3.8, 4) is 0 Å². The molecule has 25 heavy (non-hydrogen) atoms. The number of nitrogens with zero attached hydrogens (tertiary/aromatic N) is 1. The molecule has 128 valence electrons. The molecule has 0 unspecified atom stereocenters. The number of hydrogen-bond acceptors (Lipinski definition) is 4. The van der Waals surface area contributed by atoms with Crippen LogP contribution in [0.2, 0.25) is 0 Å². The van der Waals surface area contributed by atoms with Crippen molar-refractivity contribution >= 4 is 51.9 Å². The predicted octanol–water partition coefficient (Wildman–Crippen LogP) is 3.32. The number of carbonyl (C=O) groups excluding carboxylic acids is 2. The Hall–Kier alpha value is -2.75. The van der Waals surface area contributed by atoms with E-state index in [0.29, 0.717) is 11.3 Å². The summed E-state index contributed by atoms with van der Waals surface area (Å²) in [5, 5.41) is 16.0. The number of nitro groups is 1. The van der Waals surface area contributed by atoms with Gasteiger partial charge in [-0.3, -0.25) is 19.7 Å². The fraction of sp³-hybridized carbons (Fsp3) is 0.0588. The average Bonchev–Trinajstić information content (AvgIpc) is 2.56. The Morgan fingerprint density at radius 2 is 1.84 bits per heavy atom. The summed E-state index contributed by atoms with van der Waals surface area (Å²) in [7, 11) is 0. The highest BCUT2D eigenvalue weighted by Gasteiger charge is 2.13. The lowest BCUT2D eigenvalue weighted by Gasteiger charge is -2.10. The first-order valence-corrected chi connectivity index (χ1v) is 8.23. The molecule has 0 heterocycles. The first kappa shape index (κ1) is 18.6. The quantitative estimate of drug-likeness (QED) is 0.315. The molecule has 0 aliphatic heterocycles. The molecule has 0 fully saturated rings. The Morgan fingerprint density at radius 3 is 2.44 bits per heavy atom. The zero-order valence-electron chi connectivity index (χ0n) is 13.2. The molecule has 7 nitrogen and oxygen atoms in total. The van der Waals surface area contributed by atoms with Crippen molar-refractivity contribution in [1.82, 2.24) is 5.32 Å². The molecule has 0 atom stereocenters. The van der Waals surface area contributed by atoms with Gasteiger partial charge in [0.1, 0.15) is 5.70 Å². The number of carbonyl (C=O) groups is 2. The molecular weight excluding hydrogens is 437 g/mol. The molecule has 0 aliphatic carbocycles. The van der Waals surface area contributed by atoms with E-state index in [2.05, 4.69) is 33.2 Å². The van der Waals surface area contributed by atoms with Crippen molar-refractivity contribution in [2.24, 2.45) is 0 Å². The van der Waals surface area contributed by atoms with Gasteiger partial charge in [0.05, 0.1) is 4.92 Å². The molecular formula is C17H14IN3O4. The molecule has 2 aromatic rings. The van der Waals surface area contributed by atoms with Gasteiger partial charge in [0.25, 0.3) is 11.6 Å². The van der Waals surface area contributed by atoms with Crippen LogP contribution in [0.5, 0.6) is 0 Å². The number of amides is 2. The number of rotatable bonds is 5. The van der Waals surface area contributed by atoms with Crippen LogP contribution in [-0.4, -0.2) is 16.7 Å². The van der Waals surface area contributed by atoms with Crippen molar-refractivity contribution in [2.45, 2.75) is 6.92 Å².